The highest BCUT2D eigenvalue weighted by atomic mass is 19.4. The highest BCUT2D eigenvalue weighted by Crippen LogP contribution is 2.29. The number of anilines is 1. The van der Waals surface area contributed by atoms with Crippen LogP contribution in [-0.4, -0.2) is 34.1 Å². The van der Waals surface area contributed by atoms with Crippen molar-refractivity contribution < 1.29 is 17.9 Å². The fraction of sp³-hybridized carbons (Fsp3) is 0.375. The average molecular weight is 349 g/mol. The molecule has 0 radical (unpaired) electrons. The van der Waals surface area contributed by atoms with E-state index in [0.717, 1.165) is 18.0 Å². The van der Waals surface area contributed by atoms with Gasteiger partial charge in [0.2, 0.25) is 0 Å². The van der Waals surface area contributed by atoms with Crippen molar-refractivity contribution >= 4 is 5.69 Å². The van der Waals surface area contributed by atoms with E-state index in [1.54, 1.807) is 12.3 Å². The molecule has 3 heterocycles. The third-order valence-corrected chi connectivity index (χ3v) is 3.87. The summed E-state index contributed by atoms with van der Waals surface area (Å²) in [5, 5.41) is 9.12. The van der Waals surface area contributed by atoms with E-state index in [4.69, 9.17) is 10.00 Å². The van der Waals surface area contributed by atoms with Crippen LogP contribution in [0.2, 0.25) is 0 Å². The van der Waals surface area contributed by atoms with Crippen LogP contribution in [0.5, 0.6) is 6.01 Å². The summed E-state index contributed by atoms with van der Waals surface area (Å²) in [4.78, 5) is 13.2. The predicted octanol–water partition coefficient (Wildman–Crippen LogP) is 2.81. The second-order valence-electron chi connectivity index (χ2n) is 5.51. The lowest BCUT2D eigenvalue weighted by Crippen LogP contribution is -2.39. The first kappa shape index (κ1) is 17.0. The highest BCUT2D eigenvalue weighted by molar-refractivity contribution is 5.55. The predicted molar refractivity (Wildman–Crippen MR) is 81.8 cm³/mol. The van der Waals surface area contributed by atoms with Crippen molar-refractivity contribution in [2.75, 3.05) is 18.0 Å². The molecule has 0 atom stereocenters. The molecule has 0 aliphatic carbocycles. The second kappa shape index (κ2) is 6.93. The molecule has 2 aromatic rings. The first-order valence-electron chi connectivity index (χ1n) is 7.64. The van der Waals surface area contributed by atoms with Crippen molar-refractivity contribution in [2.45, 2.75) is 25.1 Å². The van der Waals surface area contributed by atoms with E-state index in [1.807, 2.05) is 11.0 Å². The molecule has 3 rings (SSSR count). The van der Waals surface area contributed by atoms with Gasteiger partial charge < -0.3 is 9.64 Å². The molecular weight excluding hydrogens is 335 g/mol. The summed E-state index contributed by atoms with van der Waals surface area (Å²) in [5.74, 6) is 0. The van der Waals surface area contributed by atoms with Crippen molar-refractivity contribution in [3.05, 3.63) is 42.0 Å². The Morgan fingerprint density at radius 2 is 1.92 bits per heavy atom. The molecular formula is C16H14F3N5O. The van der Waals surface area contributed by atoms with Crippen molar-refractivity contribution in [3.8, 4) is 12.1 Å². The van der Waals surface area contributed by atoms with Crippen LogP contribution in [0.1, 0.15) is 24.2 Å². The van der Waals surface area contributed by atoms with Gasteiger partial charge in [-0.2, -0.15) is 23.4 Å². The van der Waals surface area contributed by atoms with Crippen LogP contribution in [-0.2, 0) is 6.18 Å². The number of aromatic nitrogens is 3. The molecule has 0 spiro atoms. The maximum absolute atomic E-state index is 12.7. The minimum absolute atomic E-state index is 0.271. The van der Waals surface area contributed by atoms with Gasteiger partial charge in [0.15, 0.2) is 11.4 Å². The zero-order chi connectivity index (χ0) is 17.9. The van der Waals surface area contributed by atoms with Gasteiger partial charge in [-0.1, -0.05) is 0 Å². The third-order valence-electron chi connectivity index (χ3n) is 3.87. The largest absolute Gasteiger partial charge is 0.460 e. The molecule has 1 saturated heterocycles. The summed E-state index contributed by atoms with van der Waals surface area (Å²) in [7, 11) is 0. The second-order valence-corrected chi connectivity index (χ2v) is 5.51. The molecule has 0 saturated carbocycles. The zero-order valence-corrected chi connectivity index (χ0v) is 13.1. The van der Waals surface area contributed by atoms with E-state index in [9.17, 15) is 13.2 Å². The van der Waals surface area contributed by atoms with Crippen molar-refractivity contribution in [3.63, 3.8) is 0 Å². The van der Waals surface area contributed by atoms with E-state index in [1.165, 1.54) is 0 Å². The summed E-state index contributed by atoms with van der Waals surface area (Å²) in [6, 6.07) is 6.17. The van der Waals surface area contributed by atoms with Gasteiger partial charge in [-0.05, 0) is 18.2 Å². The molecule has 2 aromatic heterocycles. The summed E-state index contributed by atoms with van der Waals surface area (Å²) in [6.07, 6.45) is -1.04. The minimum atomic E-state index is -4.53. The lowest BCUT2D eigenvalue weighted by atomic mass is 10.1. The monoisotopic (exact) mass is 349 g/mol. The van der Waals surface area contributed by atoms with Gasteiger partial charge in [0.05, 0.1) is 5.69 Å². The SMILES string of the molecule is N#Cc1ncccc1N1CCC(Oc2nccc(C(F)(F)F)n2)CC1. The fourth-order valence-electron chi connectivity index (χ4n) is 2.66. The number of hydrogen-bond acceptors (Lipinski definition) is 6. The van der Waals surface area contributed by atoms with Gasteiger partial charge in [-0.25, -0.2) is 9.97 Å². The molecule has 130 valence electrons. The van der Waals surface area contributed by atoms with E-state index in [0.29, 0.717) is 31.6 Å². The van der Waals surface area contributed by atoms with E-state index in [-0.39, 0.29) is 12.1 Å². The van der Waals surface area contributed by atoms with Crippen molar-refractivity contribution in [1.29, 1.82) is 5.26 Å². The van der Waals surface area contributed by atoms with Crippen LogP contribution in [0, 0.1) is 11.3 Å². The molecule has 0 unspecified atom stereocenters. The van der Waals surface area contributed by atoms with Crippen molar-refractivity contribution in [2.24, 2.45) is 0 Å². The topological polar surface area (TPSA) is 74.9 Å². The first-order chi connectivity index (χ1) is 12.0. The summed E-state index contributed by atoms with van der Waals surface area (Å²) in [5.41, 5.74) is 0.0748. The molecule has 1 fully saturated rings. The number of piperidine rings is 1. The van der Waals surface area contributed by atoms with Gasteiger partial charge >= 0.3 is 12.2 Å². The lowest BCUT2D eigenvalue weighted by molar-refractivity contribution is -0.141. The van der Waals surface area contributed by atoms with Gasteiger partial charge in [-0.3, -0.25) is 0 Å². The number of halogens is 3. The lowest BCUT2D eigenvalue weighted by Gasteiger charge is -2.33. The molecule has 0 amide bonds. The molecule has 6 nitrogen and oxygen atoms in total. The molecule has 1 aliphatic heterocycles. The maximum Gasteiger partial charge on any atom is 0.433 e. The third kappa shape index (κ3) is 3.96. The number of nitriles is 1. The van der Waals surface area contributed by atoms with E-state index < -0.39 is 11.9 Å². The van der Waals surface area contributed by atoms with Crippen molar-refractivity contribution in [1.82, 2.24) is 15.0 Å². The quantitative estimate of drug-likeness (QED) is 0.848. The van der Waals surface area contributed by atoms with E-state index in [2.05, 4.69) is 21.0 Å². The molecule has 0 bridgehead atoms. The van der Waals surface area contributed by atoms with Gasteiger partial charge in [0.25, 0.3) is 0 Å². The number of alkyl halides is 3. The van der Waals surface area contributed by atoms with Crippen LogP contribution in [0.25, 0.3) is 0 Å². The smallest absolute Gasteiger partial charge is 0.433 e. The normalized spacial score (nSPS) is 15.7. The van der Waals surface area contributed by atoms with Gasteiger partial charge in [0.1, 0.15) is 12.2 Å². The number of rotatable bonds is 3. The Kier molecular flexibility index (Phi) is 4.70. The van der Waals surface area contributed by atoms with Crippen LogP contribution >= 0.6 is 0 Å². The Hall–Kier alpha value is -2.89. The van der Waals surface area contributed by atoms with Gasteiger partial charge in [-0.15, -0.1) is 0 Å². The molecule has 1 aliphatic rings. The fourth-order valence-corrected chi connectivity index (χ4v) is 2.66. The van der Waals surface area contributed by atoms with Crippen LogP contribution in [0.4, 0.5) is 18.9 Å². The number of pyridine rings is 1. The maximum atomic E-state index is 12.7. The average Bonchev–Trinajstić information content (AvgIpc) is 2.62. The van der Waals surface area contributed by atoms with Crippen LogP contribution < -0.4 is 9.64 Å². The molecule has 0 aromatic carbocycles. The molecule has 0 N–H and O–H groups in total. The van der Waals surface area contributed by atoms with Crippen LogP contribution in [0.15, 0.2) is 30.6 Å². The highest BCUT2D eigenvalue weighted by Gasteiger charge is 2.33. The van der Waals surface area contributed by atoms with Gasteiger partial charge in [0, 0.05) is 38.3 Å². The zero-order valence-electron chi connectivity index (χ0n) is 13.1. The Balaban J connectivity index is 1.63. The minimum Gasteiger partial charge on any atom is -0.460 e. The standard InChI is InChI=1S/C16H14F3N5O/c17-16(18,19)14-3-7-22-15(23-14)25-11-4-8-24(9-5-11)13-2-1-6-21-12(13)10-20/h1-3,6-7,11H,4-5,8-9H2. The Morgan fingerprint density at radius 1 is 1.16 bits per heavy atom. The number of hydrogen-bond donors (Lipinski definition) is 0. The Morgan fingerprint density at radius 3 is 2.60 bits per heavy atom. The number of ether oxygens (including phenoxy) is 1. The van der Waals surface area contributed by atoms with E-state index >= 15 is 0 Å². The first-order valence-corrected chi connectivity index (χ1v) is 7.64. The summed E-state index contributed by atoms with van der Waals surface area (Å²) < 4.78 is 43.5. The molecule has 9 heteroatoms. The summed E-state index contributed by atoms with van der Waals surface area (Å²) >= 11 is 0. The number of nitrogens with zero attached hydrogens (tertiary/aromatic N) is 5. The van der Waals surface area contributed by atoms with Crippen LogP contribution in [0.3, 0.4) is 0 Å². The summed E-state index contributed by atoms with van der Waals surface area (Å²) in [6.45, 7) is 1.20. The molecule has 25 heavy (non-hydrogen) atoms. The Bertz CT molecular complexity index is 782. The Labute approximate surface area is 141 Å².